The Kier molecular flexibility index (Phi) is 6.29. The number of benzene rings is 1. The van der Waals surface area contributed by atoms with Crippen molar-refractivity contribution in [2.75, 3.05) is 19.7 Å². The summed E-state index contributed by atoms with van der Waals surface area (Å²) in [6.07, 6.45) is 1.12. The zero-order chi connectivity index (χ0) is 20.3. The van der Waals surface area contributed by atoms with Gasteiger partial charge in [-0.2, -0.15) is 0 Å². The molecule has 148 valence electrons. The van der Waals surface area contributed by atoms with E-state index in [2.05, 4.69) is 0 Å². The Hall–Kier alpha value is -2.47. The Balaban J connectivity index is 1.51. The second-order valence-electron chi connectivity index (χ2n) is 7.35. The quantitative estimate of drug-likeness (QED) is 0.564. The summed E-state index contributed by atoms with van der Waals surface area (Å²) in [4.78, 5) is 39.8. The van der Waals surface area contributed by atoms with Gasteiger partial charge in [-0.25, -0.2) is 0 Å². The van der Waals surface area contributed by atoms with Gasteiger partial charge in [0.2, 0.25) is 5.78 Å². The fourth-order valence-electron chi connectivity index (χ4n) is 3.82. The molecule has 1 aromatic carbocycles. The van der Waals surface area contributed by atoms with E-state index >= 15 is 0 Å². The van der Waals surface area contributed by atoms with Crippen LogP contribution >= 0.6 is 11.3 Å². The Morgan fingerprint density at radius 1 is 1.11 bits per heavy atom. The summed E-state index contributed by atoms with van der Waals surface area (Å²) >= 11 is 1.42. The van der Waals surface area contributed by atoms with Crippen LogP contribution < -0.4 is 0 Å². The summed E-state index contributed by atoms with van der Waals surface area (Å²) in [5.74, 6) is -0.768. The van der Waals surface area contributed by atoms with Gasteiger partial charge in [-0.3, -0.25) is 14.4 Å². The first-order valence-electron chi connectivity index (χ1n) is 9.47. The van der Waals surface area contributed by atoms with Crippen LogP contribution in [0.2, 0.25) is 0 Å². The molecule has 0 aliphatic carbocycles. The van der Waals surface area contributed by atoms with Gasteiger partial charge in [-0.05, 0) is 56.2 Å². The van der Waals surface area contributed by atoms with E-state index in [1.54, 1.807) is 4.90 Å². The molecule has 0 unspecified atom stereocenters. The SMILES string of the molecule is Cc1cc(C)c(C(=O)COC(=O)C2CCN(C(=O)c3cccs3)CC2)c(C)c1. The van der Waals surface area contributed by atoms with Crippen molar-refractivity contribution < 1.29 is 19.1 Å². The predicted molar refractivity (Wildman–Crippen MR) is 109 cm³/mol. The first-order chi connectivity index (χ1) is 13.4. The lowest BCUT2D eigenvalue weighted by atomic mass is 9.96. The second-order valence-corrected chi connectivity index (χ2v) is 8.30. The second kappa shape index (κ2) is 8.69. The number of aryl methyl sites for hydroxylation is 3. The van der Waals surface area contributed by atoms with E-state index in [-0.39, 0.29) is 30.2 Å². The van der Waals surface area contributed by atoms with Gasteiger partial charge in [0.15, 0.2) is 6.61 Å². The van der Waals surface area contributed by atoms with E-state index in [1.165, 1.54) is 11.3 Å². The summed E-state index contributed by atoms with van der Waals surface area (Å²) in [5.41, 5.74) is 3.54. The molecule has 6 heteroatoms. The first kappa shape index (κ1) is 20.3. The highest BCUT2D eigenvalue weighted by Gasteiger charge is 2.29. The number of amides is 1. The highest BCUT2D eigenvalue weighted by molar-refractivity contribution is 7.12. The number of Topliss-reactive ketones (excluding diaryl/α,β-unsaturated/α-hetero) is 1. The molecule has 0 saturated carbocycles. The number of carbonyl (C=O) groups excluding carboxylic acids is 3. The third-order valence-electron chi connectivity index (χ3n) is 5.15. The van der Waals surface area contributed by atoms with Gasteiger partial charge in [-0.1, -0.05) is 23.8 Å². The van der Waals surface area contributed by atoms with Gasteiger partial charge < -0.3 is 9.64 Å². The minimum atomic E-state index is -0.348. The molecule has 1 fully saturated rings. The van der Waals surface area contributed by atoms with E-state index in [0.717, 1.165) is 21.6 Å². The number of nitrogens with zero attached hydrogens (tertiary/aromatic N) is 1. The number of likely N-dealkylation sites (tertiary alicyclic amines) is 1. The smallest absolute Gasteiger partial charge is 0.309 e. The maximum Gasteiger partial charge on any atom is 0.309 e. The highest BCUT2D eigenvalue weighted by atomic mass is 32.1. The molecule has 1 aliphatic rings. The molecule has 0 bridgehead atoms. The Morgan fingerprint density at radius 3 is 2.32 bits per heavy atom. The van der Waals surface area contributed by atoms with Gasteiger partial charge in [0.25, 0.3) is 5.91 Å². The van der Waals surface area contributed by atoms with Crippen LogP contribution in [0.4, 0.5) is 0 Å². The van der Waals surface area contributed by atoms with Crippen molar-refractivity contribution in [2.45, 2.75) is 33.6 Å². The normalized spacial score (nSPS) is 14.8. The number of carbonyl (C=O) groups is 3. The predicted octanol–water partition coefficient (Wildman–Crippen LogP) is 3.95. The molecule has 0 atom stereocenters. The number of thiophene rings is 1. The number of ketones is 1. The lowest BCUT2D eigenvalue weighted by Crippen LogP contribution is -2.40. The van der Waals surface area contributed by atoms with Crippen molar-refractivity contribution in [3.8, 4) is 0 Å². The summed E-state index contributed by atoms with van der Waals surface area (Å²) in [6.45, 7) is 6.60. The lowest BCUT2D eigenvalue weighted by Gasteiger charge is -2.30. The molecule has 0 radical (unpaired) electrons. The number of esters is 1. The number of ether oxygens (including phenoxy) is 1. The van der Waals surface area contributed by atoms with E-state index in [4.69, 9.17) is 4.74 Å². The van der Waals surface area contributed by atoms with Crippen molar-refractivity contribution in [3.63, 3.8) is 0 Å². The third kappa shape index (κ3) is 4.50. The Labute approximate surface area is 169 Å². The number of hydrogen-bond acceptors (Lipinski definition) is 5. The maximum absolute atomic E-state index is 12.5. The molecule has 28 heavy (non-hydrogen) atoms. The number of hydrogen-bond donors (Lipinski definition) is 0. The zero-order valence-corrected chi connectivity index (χ0v) is 17.3. The van der Waals surface area contributed by atoms with Crippen molar-refractivity contribution in [3.05, 3.63) is 56.8 Å². The van der Waals surface area contributed by atoms with E-state index in [0.29, 0.717) is 31.5 Å². The van der Waals surface area contributed by atoms with Crippen LogP contribution in [0.15, 0.2) is 29.6 Å². The number of rotatable bonds is 5. The van der Waals surface area contributed by atoms with E-state index in [1.807, 2.05) is 50.4 Å². The summed E-state index contributed by atoms with van der Waals surface area (Å²) < 4.78 is 5.32. The maximum atomic E-state index is 12.5. The molecule has 1 aromatic heterocycles. The van der Waals surface area contributed by atoms with Gasteiger partial charge >= 0.3 is 5.97 Å². The molecule has 2 aromatic rings. The molecular weight excluding hydrogens is 374 g/mol. The lowest BCUT2D eigenvalue weighted by molar-refractivity contribution is -0.148. The molecule has 1 saturated heterocycles. The van der Waals surface area contributed by atoms with Crippen molar-refractivity contribution in [1.29, 1.82) is 0 Å². The largest absolute Gasteiger partial charge is 0.457 e. The van der Waals surface area contributed by atoms with Gasteiger partial charge in [0.1, 0.15) is 0 Å². The molecule has 1 amide bonds. The molecular formula is C22H25NO4S. The summed E-state index contributed by atoms with van der Waals surface area (Å²) in [6, 6.07) is 7.59. The van der Waals surface area contributed by atoms with Crippen LogP contribution in [-0.2, 0) is 9.53 Å². The Bertz CT molecular complexity index is 857. The standard InChI is InChI=1S/C22H25NO4S/c1-14-11-15(2)20(16(3)12-14)18(24)13-27-22(26)17-6-8-23(9-7-17)21(25)19-5-4-10-28-19/h4-5,10-12,17H,6-9,13H2,1-3H3. The Morgan fingerprint density at radius 2 is 1.75 bits per heavy atom. The molecule has 3 rings (SSSR count). The molecule has 2 heterocycles. The summed E-state index contributed by atoms with van der Waals surface area (Å²) in [7, 11) is 0. The van der Waals surface area contributed by atoms with Crippen LogP contribution in [0.1, 0.15) is 49.6 Å². The van der Waals surface area contributed by atoms with Crippen LogP contribution in [0.3, 0.4) is 0 Å². The third-order valence-corrected chi connectivity index (χ3v) is 6.01. The minimum Gasteiger partial charge on any atom is -0.457 e. The fraction of sp³-hybridized carbons (Fsp3) is 0.409. The fourth-order valence-corrected chi connectivity index (χ4v) is 4.51. The zero-order valence-electron chi connectivity index (χ0n) is 16.5. The average Bonchev–Trinajstić information content (AvgIpc) is 3.19. The summed E-state index contributed by atoms with van der Waals surface area (Å²) in [5, 5.41) is 1.88. The van der Waals surface area contributed by atoms with Crippen LogP contribution in [-0.4, -0.2) is 42.3 Å². The average molecular weight is 400 g/mol. The monoisotopic (exact) mass is 399 g/mol. The van der Waals surface area contributed by atoms with Crippen LogP contribution in [0.25, 0.3) is 0 Å². The topological polar surface area (TPSA) is 63.7 Å². The van der Waals surface area contributed by atoms with Crippen molar-refractivity contribution >= 4 is 29.0 Å². The molecule has 1 aliphatic heterocycles. The van der Waals surface area contributed by atoms with Gasteiger partial charge in [-0.15, -0.1) is 11.3 Å². The van der Waals surface area contributed by atoms with Crippen LogP contribution in [0, 0.1) is 26.7 Å². The highest BCUT2D eigenvalue weighted by Crippen LogP contribution is 2.22. The van der Waals surface area contributed by atoms with Crippen molar-refractivity contribution in [1.82, 2.24) is 4.90 Å². The molecule has 0 N–H and O–H groups in total. The van der Waals surface area contributed by atoms with E-state index < -0.39 is 0 Å². The molecule has 5 nitrogen and oxygen atoms in total. The minimum absolute atomic E-state index is 0.0160. The number of piperidine rings is 1. The van der Waals surface area contributed by atoms with E-state index in [9.17, 15) is 14.4 Å². The molecule has 0 spiro atoms. The van der Waals surface area contributed by atoms with Crippen LogP contribution in [0.5, 0.6) is 0 Å². The van der Waals surface area contributed by atoms with Crippen molar-refractivity contribution in [2.24, 2.45) is 5.92 Å². The first-order valence-corrected chi connectivity index (χ1v) is 10.3. The van der Waals surface area contributed by atoms with Gasteiger partial charge in [0.05, 0.1) is 10.8 Å². The van der Waals surface area contributed by atoms with Gasteiger partial charge in [0, 0.05) is 18.7 Å².